The summed E-state index contributed by atoms with van der Waals surface area (Å²) in [7, 11) is 0.119. The molecule has 0 unspecified atom stereocenters. The van der Waals surface area contributed by atoms with Crippen LogP contribution in [0.2, 0.25) is 0 Å². The Labute approximate surface area is 170 Å². The molecule has 0 saturated carbocycles. The summed E-state index contributed by atoms with van der Waals surface area (Å²) in [6, 6.07) is 3.43. The van der Waals surface area contributed by atoms with Gasteiger partial charge in [-0.25, -0.2) is 8.42 Å². The fourth-order valence-electron chi connectivity index (χ4n) is 4.24. The third-order valence-corrected chi connectivity index (χ3v) is 7.53. The lowest BCUT2D eigenvalue weighted by molar-refractivity contribution is 0.104. The van der Waals surface area contributed by atoms with Crippen molar-refractivity contribution in [3.8, 4) is 11.5 Å². The zero-order chi connectivity index (χ0) is 20.9. The Bertz CT molecular complexity index is 1140. The van der Waals surface area contributed by atoms with E-state index in [-0.39, 0.29) is 23.3 Å². The van der Waals surface area contributed by atoms with Gasteiger partial charge in [-0.15, -0.1) is 0 Å². The number of Topliss-reactive ketones (excluding diaryl/α,β-unsaturated/α-hetero) is 1. The normalized spacial score (nSPS) is 21.6. The Morgan fingerprint density at radius 3 is 2.48 bits per heavy atom. The van der Waals surface area contributed by atoms with E-state index in [1.165, 1.54) is 0 Å². The minimum atomic E-state index is -3.00. The Kier molecular flexibility index (Phi) is 4.77. The van der Waals surface area contributed by atoms with Crippen LogP contribution < -0.4 is 9.47 Å². The van der Waals surface area contributed by atoms with Crippen LogP contribution in [-0.2, 0) is 16.3 Å². The molecule has 4 rings (SSSR count). The number of carbonyl (C=O) groups excluding carboxylic acids is 1. The molecular weight excluding hydrogens is 392 g/mol. The summed E-state index contributed by atoms with van der Waals surface area (Å²) in [4.78, 5) is 13.0. The highest BCUT2D eigenvalue weighted by Crippen LogP contribution is 2.37. The zero-order valence-electron chi connectivity index (χ0n) is 17.0. The first-order valence-electron chi connectivity index (χ1n) is 9.50. The number of sulfone groups is 1. The summed E-state index contributed by atoms with van der Waals surface area (Å²) in [6.07, 6.45) is 2.97. The number of ketones is 1. The SMILES string of the molecule is COc1cc2c(cc1OC)C(=O)/C(=C\c1c(C)nn([C@H]3CCS(=O)(=O)C3)c1C)C2. The number of aromatic nitrogens is 2. The van der Waals surface area contributed by atoms with Crippen LogP contribution >= 0.6 is 0 Å². The van der Waals surface area contributed by atoms with Gasteiger partial charge >= 0.3 is 0 Å². The molecule has 154 valence electrons. The smallest absolute Gasteiger partial charge is 0.189 e. The molecule has 1 aromatic heterocycles. The standard InChI is InChI=1S/C21H24N2O5S/c1-12-17(13(2)23(22-12)16-5-6-29(25,26)11-16)8-15-7-14-9-19(27-3)20(28-4)10-18(14)21(15)24/h8-10,16H,5-7,11H2,1-4H3/b15-8-/t16-/m0/s1. The molecule has 1 saturated heterocycles. The number of ether oxygens (including phenoxy) is 2. The zero-order valence-corrected chi connectivity index (χ0v) is 17.8. The van der Waals surface area contributed by atoms with Gasteiger partial charge in [-0.2, -0.15) is 5.10 Å². The molecule has 1 fully saturated rings. The largest absolute Gasteiger partial charge is 0.493 e. The molecule has 1 aliphatic heterocycles. The van der Waals surface area contributed by atoms with Crippen molar-refractivity contribution in [1.29, 1.82) is 0 Å². The lowest BCUT2D eigenvalue weighted by atomic mass is 10.1. The van der Waals surface area contributed by atoms with Gasteiger partial charge in [-0.1, -0.05) is 0 Å². The number of aryl methyl sites for hydroxylation is 1. The van der Waals surface area contributed by atoms with Crippen molar-refractivity contribution in [1.82, 2.24) is 9.78 Å². The molecular formula is C21H24N2O5S. The molecule has 7 nitrogen and oxygen atoms in total. The summed E-state index contributed by atoms with van der Waals surface area (Å²) in [5.41, 5.74) is 4.76. The molecule has 1 aromatic carbocycles. The summed E-state index contributed by atoms with van der Waals surface area (Å²) in [6.45, 7) is 3.81. The van der Waals surface area contributed by atoms with Gasteiger partial charge in [0.2, 0.25) is 0 Å². The van der Waals surface area contributed by atoms with E-state index in [1.807, 2.05) is 30.7 Å². The average Bonchev–Trinajstić information content (AvgIpc) is 3.29. The Balaban J connectivity index is 1.69. The van der Waals surface area contributed by atoms with E-state index in [9.17, 15) is 13.2 Å². The number of fused-ring (bicyclic) bond motifs is 1. The highest BCUT2D eigenvalue weighted by atomic mass is 32.2. The molecule has 2 heterocycles. The van der Waals surface area contributed by atoms with E-state index in [0.29, 0.717) is 35.5 Å². The number of hydrogen-bond donors (Lipinski definition) is 0. The number of allylic oxidation sites excluding steroid dienone is 1. The van der Waals surface area contributed by atoms with E-state index in [1.54, 1.807) is 20.3 Å². The molecule has 1 atom stereocenters. The van der Waals surface area contributed by atoms with Gasteiger partial charge in [0.25, 0.3) is 0 Å². The maximum atomic E-state index is 13.0. The van der Waals surface area contributed by atoms with Crippen molar-refractivity contribution in [2.75, 3.05) is 25.7 Å². The van der Waals surface area contributed by atoms with E-state index in [4.69, 9.17) is 9.47 Å². The Hall–Kier alpha value is -2.61. The summed E-state index contributed by atoms with van der Waals surface area (Å²) in [5, 5.41) is 4.59. The first-order valence-corrected chi connectivity index (χ1v) is 11.3. The van der Waals surface area contributed by atoms with Crippen LogP contribution in [0.1, 0.15) is 45.3 Å². The van der Waals surface area contributed by atoms with Crippen molar-refractivity contribution in [2.45, 2.75) is 32.7 Å². The molecule has 29 heavy (non-hydrogen) atoms. The molecule has 0 bridgehead atoms. The van der Waals surface area contributed by atoms with Gasteiger partial charge in [0.1, 0.15) is 0 Å². The van der Waals surface area contributed by atoms with E-state index >= 15 is 0 Å². The minimum Gasteiger partial charge on any atom is -0.493 e. The third-order valence-electron chi connectivity index (χ3n) is 5.78. The van der Waals surface area contributed by atoms with Crippen molar-refractivity contribution >= 4 is 21.7 Å². The highest BCUT2D eigenvalue weighted by Gasteiger charge is 2.32. The van der Waals surface area contributed by atoms with E-state index in [2.05, 4.69) is 5.10 Å². The molecule has 0 spiro atoms. The Morgan fingerprint density at radius 2 is 1.86 bits per heavy atom. The fraction of sp³-hybridized carbons (Fsp3) is 0.429. The number of methoxy groups -OCH3 is 2. The molecule has 8 heteroatoms. The van der Waals surface area contributed by atoms with Crippen molar-refractivity contribution in [3.05, 3.63) is 45.8 Å². The van der Waals surface area contributed by atoms with Crippen molar-refractivity contribution in [3.63, 3.8) is 0 Å². The predicted molar refractivity (Wildman–Crippen MR) is 110 cm³/mol. The minimum absolute atomic E-state index is 0.0315. The van der Waals surface area contributed by atoms with Gasteiger partial charge < -0.3 is 9.47 Å². The molecule has 2 aromatic rings. The van der Waals surface area contributed by atoms with Crippen LogP contribution in [0.4, 0.5) is 0 Å². The summed E-state index contributed by atoms with van der Waals surface area (Å²) >= 11 is 0. The van der Waals surface area contributed by atoms with Gasteiger partial charge in [0.15, 0.2) is 27.1 Å². The summed E-state index contributed by atoms with van der Waals surface area (Å²) < 4.78 is 36.2. The predicted octanol–water partition coefficient (Wildman–Crippen LogP) is 2.70. The highest BCUT2D eigenvalue weighted by molar-refractivity contribution is 7.91. The number of nitrogens with zero attached hydrogens (tertiary/aromatic N) is 2. The van der Waals surface area contributed by atoms with Crippen LogP contribution in [0.25, 0.3) is 6.08 Å². The lowest BCUT2D eigenvalue weighted by Gasteiger charge is -2.11. The second kappa shape index (κ2) is 7.02. The summed E-state index contributed by atoms with van der Waals surface area (Å²) in [5.74, 6) is 1.42. The number of carbonyl (C=O) groups is 1. The van der Waals surface area contributed by atoms with Crippen LogP contribution in [-0.4, -0.2) is 49.7 Å². The van der Waals surface area contributed by atoms with Gasteiger partial charge in [0, 0.05) is 28.8 Å². The molecule has 2 aliphatic rings. The second-order valence-corrected chi connectivity index (χ2v) is 9.85. The quantitative estimate of drug-likeness (QED) is 0.712. The fourth-order valence-corrected chi connectivity index (χ4v) is 5.93. The van der Waals surface area contributed by atoms with Crippen LogP contribution in [0, 0.1) is 13.8 Å². The van der Waals surface area contributed by atoms with E-state index < -0.39 is 9.84 Å². The number of benzene rings is 1. The average molecular weight is 416 g/mol. The second-order valence-electron chi connectivity index (χ2n) is 7.63. The Morgan fingerprint density at radius 1 is 1.17 bits per heavy atom. The monoisotopic (exact) mass is 416 g/mol. The van der Waals surface area contributed by atoms with Gasteiger partial charge in [0.05, 0.1) is 37.5 Å². The molecule has 0 radical (unpaired) electrons. The maximum Gasteiger partial charge on any atom is 0.189 e. The lowest BCUT2D eigenvalue weighted by Crippen LogP contribution is -2.14. The van der Waals surface area contributed by atoms with Crippen molar-refractivity contribution < 1.29 is 22.7 Å². The van der Waals surface area contributed by atoms with Gasteiger partial charge in [-0.05, 0) is 44.0 Å². The van der Waals surface area contributed by atoms with Crippen molar-refractivity contribution in [2.24, 2.45) is 0 Å². The third kappa shape index (κ3) is 3.35. The van der Waals surface area contributed by atoms with Crippen LogP contribution in [0.3, 0.4) is 0 Å². The molecule has 1 aliphatic carbocycles. The first-order chi connectivity index (χ1) is 13.7. The molecule has 0 amide bonds. The maximum absolute atomic E-state index is 13.0. The topological polar surface area (TPSA) is 87.5 Å². The van der Waals surface area contributed by atoms with Gasteiger partial charge in [-0.3, -0.25) is 9.48 Å². The molecule has 0 N–H and O–H groups in total. The number of hydrogen-bond acceptors (Lipinski definition) is 6. The number of rotatable bonds is 4. The van der Waals surface area contributed by atoms with Crippen LogP contribution in [0.5, 0.6) is 11.5 Å². The van der Waals surface area contributed by atoms with Crippen LogP contribution in [0.15, 0.2) is 17.7 Å². The van der Waals surface area contributed by atoms with E-state index in [0.717, 1.165) is 22.5 Å². The first kappa shape index (κ1) is 19.7.